The third-order valence-corrected chi connectivity index (χ3v) is 5.80. The number of nitrogens with zero attached hydrogens (tertiary/aromatic N) is 3. The lowest BCUT2D eigenvalue weighted by Gasteiger charge is -2.35. The minimum absolute atomic E-state index is 0.0395. The van der Waals surface area contributed by atoms with Gasteiger partial charge in [0.05, 0.1) is 30.3 Å². The van der Waals surface area contributed by atoms with Gasteiger partial charge in [-0.25, -0.2) is 9.37 Å². The van der Waals surface area contributed by atoms with E-state index in [2.05, 4.69) is 20.5 Å². The molecular weight excluding hydrogens is 482 g/mol. The highest BCUT2D eigenvalue weighted by atomic mass is 35.5. The fourth-order valence-corrected chi connectivity index (χ4v) is 3.79. The molecule has 13 heteroatoms. The minimum atomic E-state index is -4.63. The maximum atomic E-state index is 15.2. The molecule has 3 N–H and O–H groups in total. The molecule has 1 aliphatic rings. The van der Waals surface area contributed by atoms with E-state index in [0.717, 1.165) is 13.0 Å². The average molecular weight is 504 g/mol. The highest BCUT2D eigenvalue weighted by Gasteiger charge is 2.42. The topological polar surface area (TPSA) is 97.2 Å². The van der Waals surface area contributed by atoms with Gasteiger partial charge in [-0.15, -0.1) is 0 Å². The molecule has 3 heterocycles. The summed E-state index contributed by atoms with van der Waals surface area (Å²) in [6.07, 6.45) is -5.29. The molecule has 184 valence electrons. The Balaban J connectivity index is 1.71. The molecule has 1 atom stereocenters. The Hall–Kier alpha value is -2.83. The SMILES string of the molecule is Cc1n[nH]c(Cl)c1NCc1cc(F)c(-c2cn(C)c(C3(O)COC3)n2)cc1O[C@@H](C)C(F)(F)F. The largest absolute Gasteiger partial charge is 0.481 e. The summed E-state index contributed by atoms with van der Waals surface area (Å²) in [4.78, 5) is 4.31. The number of aromatic amines is 1. The molecule has 4 rings (SSSR count). The first-order chi connectivity index (χ1) is 15.9. The molecule has 1 saturated heterocycles. The molecule has 0 aliphatic carbocycles. The quantitative estimate of drug-likeness (QED) is 0.421. The third-order valence-electron chi connectivity index (χ3n) is 5.52. The third kappa shape index (κ3) is 4.57. The Morgan fingerprint density at radius 2 is 2.09 bits per heavy atom. The van der Waals surface area contributed by atoms with Crippen molar-refractivity contribution in [1.82, 2.24) is 19.7 Å². The lowest BCUT2D eigenvalue weighted by atomic mass is 10.0. The van der Waals surface area contributed by atoms with Crippen LogP contribution in [0.2, 0.25) is 5.15 Å². The molecule has 34 heavy (non-hydrogen) atoms. The van der Waals surface area contributed by atoms with E-state index in [1.807, 2.05) is 0 Å². The van der Waals surface area contributed by atoms with Crippen LogP contribution in [0.15, 0.2) is 18.3 Å². The summed E-state index contributed by atoms with van der Waals surface area (Å²) in [7, 11) is 1.62. The molecule has 2 aromatic heterocycles. The van der Waals surface area contributed by atoms with Crippen LogP contribution in [0.3, 0.4) is 0 Å². The molecule has 0 spiro atoms. The molecule has 0 bridgehead atoms. The molecule has 0 saturated carbocycles. The Labute approximate surface area is 196 Å². The van der Waals surface area contributed by atoms with Gasteiger partial charge in [-0.2, -0.15) is 18.3 Å². The van der Waals surface area contributed by atoms with E-state index in [1.54, 1.807) is 14.0 Å². The molecule has 3 aromatic rings. The molecule has 0 radical (unpaired) electrons. The van der Waals surface area contributed by atoms with Crippen molar-refractivity contribution in [3.63, 3.8) is 0 Å². The fraction of sp³-hybridized carbons (Fsp3) is 0.429. The molecule has 0 unspecified atom stereocenters. The second kappa shape index (κ2) is 8.75. The monoisotopic (exact) mass is 503 g/mol. The summed E-state index contributed by atoms with van der Waals surface area (Å²) in [5.74, 6) is -0.640. The van der Waals surface area contributed by atoms with E-state index < -0.39 is 23.7 Å². The van der Waals surface area contributed by atoms with E-state index in [-0.39, 0.29) is 53.3 Å². The van der Waals surface area contributed by atoms with Crippen molar-refractivity contribution in [1.29, 1.82) is 0 Å². The van der Waals surface area contributed by atoms with Crippen LogP contribution < -0.4 is 10.1 Å². The Morgan fingerprint density at radius 1 is 1.38 bits per heavy atom. The van der Waals surface area contributed by atoms with Crippen molar-refractivity contribution in [3.05, 3.63) is 46.4 Å². The first-order valence-electron chi connectivity index (χ1n) is 10.2. The predicted molar refractivity (Wildman–Crippen MR) is 115 cm³/mol. The smallest absolute Gasteiger partial charge is 0.425 e. The van der Waals surface area contributed by atoms with Gasteiger partial charge in [0, 0.05) is 30.9 Å². The Morgan fingerprint density at radius 3 is 2.65 bits per heavy atom. The summed E-state index contributed by atoms with van der Waals surface area (Å²) in [5, 5.41) is 20.2. The number of H-pyrrole nitrogens is 1. The number of aryl methyl sites for hydroxylation is 2. The molecule has 0 amide bonds. The highest BCUT2D eigenvalue weighted by Crippen LogP contribution is 2.36. The lowest BCUT2D eigenvalue weighted by Crippen LogP contribution is -2.48. The number of rotatable bonds is 7. The van der Waals surface area contributed by atoms with Crippen LogP contribution in [0, 0.1) is 12.7 Å². The summed E-state index contributed by atoms with van der Waals surface area (Å²) in [6.45, 7) is 2.54. The predicted octanol–water partition coefficient (Wildman–Crippen LogP) is 4.07. The second-order valence-electron chi connectivity index (χ2n) is 8.18. The number of hydrogen-bond donors (Lipinski definition) is 3. The number of hydrogen-bond acceptors (Lipinski definition) is 6. The summed E-state index contributed by atoms with van der Waals surface area (Å²) >= 11 is 6.03. The maximum Gasteiger partial charge on any atom is 0.425 e. The average Bonchev–Trinajstić information content (AvgIpc) is 3.27. The van der Waals surface area contributed by atoms with Crippen molar-refractivity contribution in [2.45, 2.75) is 38.3 Å². The van der Waals surface area contributed by atoms with Crippen LogP contribution in [0.4, 0.5) is 23.2 Å². The van der Waals surface area contributed by atoms with Gasteiger partial charge in [0.25, 0.3) is 0 Å². The zero-order chi connectivity index (χ0) is 24.8. The van der Waals surface area contributed by atoms with Gasteiger partial charge in [0.1, 0.15) is 22.5 Å². The zero-order valence-corrected chi connectivity index (χ0v) is 19.2. The Kier molecular flexibility index (Phi) is 6.25. The number of benzene rings is 1. The number of imidazole rings is 1. The number of ether oxygens (including phenoxy) is 2. The van der Waals surface area contributed by atoms with Crippen molar-refractivity contribution in [2.75, 3.05) is 18.5 Å². The van der Waals surface area contributed by atoms with Gasteiger partial charge in [-0.05, 0) is 26.0 Å². The van der Waals surface area contributed by atoms with E-state index in [9.17, 15) is 18.3 Å². The maximum absolute atomic E-state index is 15.2. The normalized spacial score (nSPS) is 16.3. The number of aliphatic hydroxyl groups is 1. The number of aromatic nitrogens is 4. The second-order valence-corrected chi connectivity index (χ2v) is 8.56. The first kappa shape index (κ1) is 24.3. The molecule has 8 nitrogen and oxygen atoms in total. The fourth-order valence-electron chi connectivity index (χ4n) is 3.54. The van der Waals surface area contributed by atoms with E-state index >= 15 is 4.39 Å². The van der Waals surface area contributed by atoms with Crippen LogP contribution in [-0.2, 0) is 23.9 Å². The van der Waals surface area contributed by atoms with E-state index in [4.69, 9.17) is 21.1 Å². The number of nitrogens with one attached hydrogen (secondary N) is 2. The van der Waals surface area contributed by atoms with Crippen molar-refractivity contribution >= 4 is 17.3 Å². The van der Waals surface area contributed by atoms with Gasteiger partial charge < -0.3 is 24.5 Å². The van der Waals surface area contributed by atoms with Crippen LogP contribution in [0.5, 0.6) is 5.75 Å². The van der Waals surface area contributed by atoms with Gasteiger partial charge in [0.15, 0.2) is 11.7 Å². The van der Waals surface area contributed by atoms with Gasteiger partial charge in [-0.3, -0.25) is 5.10 Å². The summed E-state index contributed by atoms with van der Waals surface area (Å²) in [5.41, 5.74) is -0.141. The van der Waals surface area contributed by atoms with Crippen LogP contribution >= 0.6 is 11.6 Å². The van der Waals surface area contributed by atoms with Crippen molar-refractivity contribution in [3.8, 4) is 17.0 Å². The summed E-state index contributed by atoms with van der Waals surface area (Å²) < 4.78 is 66.6. The van der Waals surface area contributed by atoms with Crippen molar-refractivity contribution < 1.29 is 32.1 Å². The lowest BCUT2D eigenvalue weighted by molar-refractivity contribution is -0.190. The van der Waals surface area contributed by atoms with Gasteiger partial charge in [-0.1, -0.05) is 11.6 Å². The molecular formula is C21H22ClF4N5O3. The Bertz CT molecular complexity index is 1190. The number of alkyl halides is 3. The summed E-state index contributed by atoms with van der Waals surface area (Å²) in [6, 6.07) is 2.26. The standard InChI is InChI=1S/C21H22ClF4N5O3/c1-10-17(18(22)30-29-10)27-6-12-4-14(23)13(5-16(12)34-11(2)21(24,25)26)15-7-31(3)19(28-15)20(32)8-33-9-20/h4-5,7,11,27,32H,6,8-9H2,1-3H3,(H,29,30)/t11-/m0/s1. The molecule has 1 fully saturated rings. The van der Waals surface area contributed by atoms with E-state index in [0.29, 0.717) is 11.4 Å². The van der Waals surface area contributed by atoms with Crippen LogP contribution in [0.25, 0.3) is 11.3 Å². The molecule has 1 aliphatic heterocycles. The molecule has 1 aromatic carbocycles. The number of anilines is 1. The van der Waals surface area contributed by atoms with E-state index in [1.165, 1.54) is 16.8 Å². The van der Waals surface area contributed by atoms with Gasteiger partial charge in [0.2, 0.25) is 0 Å². The highest BCUT2D eigenvalue weighted by molar-refractivity contribution is 6.32. The number of halogens is 5. The zero-order valence-electron chi connectivity index (χ0n) is 18.4. The van der Waals surface area contributed by atoms with Crippen LogP contribution in [-0.4, -0.2) is 50.3 Å². The minimum Gasteiger partial charge on any atom is -0.481 e. The van der Waals surface area contributed by atoms with Crippen LogP contribution in [0.1, 0.15) is 24.0 Å². The first-order valence-corrected chi connectivity index (χ1v) is 10.6. The van der Waals surface area contributed by atoms with Crippen molar-refractivity contribution in [2.24, 2.45) is 7.05 Å². The van der Waals surface area contributed by atoms with Gasteiger partial charge >= 0.3 is 6.18 Å².